The molecule has 0 saturated heterocycles. The van der Waals surface area contributed by atoms with Gasteiger partial charge < -0.3 is 15.6 Å². The highest BCUT2D eigenvalue weighted by atomic mass is 16.1. The molecule has 0 aliphatic carbocycles. The fourth-order valence-corrected chi connectivity index (χ4v) is 3.34. The lowest BCUT2D eigenvalue weighted by atomic mass is 10.1. The number of benzene rings is 2. The normalized spacial score (nSPS) is 10.8. The lowest BCUT2D eigenvalue weighted by Crippen LogP contribution is -2.27. The molecule has 0 atom stereocenters. The summed E-state index contributed by atoms with van der Waals surface area (Å²) in [6.45, 7) is 5.56. The van der Waals surface area contributed by atoms with Crippen molar-refractivity contribution in [1.82, 2.24) is 10.3 Å². The quantitative estimate of drug-likeness (QED) is 0.571. The van der Waals surface area contributed by atoms with Gasteiger partial charge in [0.15, 0.2) is 0 Å². The summed E-state index contributed by atoms with van der Waals surface area (Å²) in [5.74, 6) is 0.0870. The number of aryl methyl sites for hydroxylation is 2. The molecule has 0 bridgehead atoms. The van der Waals surface area contributed by atoms with E-state index in [0.717, 1.165) is 18.4 Å². The molecule has 26 heavy (non-hydrogen) atoms. The van der Waals surface area contributed by atoms with Gasteiger partial charge in [-0.05, 0) is 42.5 Å². The predicted octanol–water partition coefficient (Wildman–Crippen LogP) is 4.20. The molecule has 4 heteroatoms. The van der Waals surface area contributed by atoms with Crippen molar-refractivity contribution in [3.8, 4) is 0 Å². The van der Waals surface area contributed by atoms with E-state index in [1.54, 1.807) is 0 Å². The van der Waals surface area contributed by atoms with Crippen molar-refractivity contribution in [3.63, 3.8) is 0 Å². The molecule has 3 rings (SSSR count). The third-order valence-electron chi connectivity index (χ3n) is 4.79. The zero-order valence-corrected chi connectivity index (χ0v) is 15.6. The first-order chi connectivity index (χ1) is 12.7. The van der Waals surface area contributed by atoms with Gasteiger partial charge in [0.25, 0.3) is 0 Å². The Morgan fingerprint density at radius 2 is 1.88 bits per heavy atom. The molecule has 136 valence electrons. The average molecular weight is 349 g/mol. The molecule has 0 saturated carbocycles. The molecule has 0 spiro atoms. The third kappa shape index (κ3) is 4.26. The number of carbonyl (C=O) groups excluding carboxylic acids is 1. The van der Waals surface area contributed by atoms with Crippen LogP contribution in [0.4, 0.5) is 5.69 Å². The number of anilines is 1. The lowest BCUT2D eigenvalue weighted by Gasteiger charge is -2.14. The maximum atomic E-state index is 12.1. The fraction of sp³-hybridized carbons (Fsp3) is 0.318. The smallest absolute Gasteiger partial charge is 0.221 e. The molecular formula is C22H27N3O. The largest absolute Gasteiger partial charge is 0.384 e. The molecule has 2 aromatic carbocycles. The van der Waals surface area contributed by atoms with Crippen LogP contribution in [0.25, 0.3) is 10.9 Å². The zero-order valence-electron chi connectivity index (χ0n) is 15.6. The maximum absolute atomic E-state index is 12.1. The number of hydrogen-bond donors (Lipinski definition) is 3. The standard InChI is InChI=1S/C22H27N3O/c1-3-17-8-6-7-16(2)22(17)24-14-12-21(26)23-13-11-18-15-25-20-10-5-4-9-19(18)20/h4-10,15,24-25H,3,11-14H2,1-2H3,(H,23,26). The number of aromatic nitrogens is 1. The van der Waals surface area contributed by atoms with Gasteiger partial charge in [0.05, 0.1) is 0 Å². The Bertz CT molecular complexity index is 882. The van der Waals surface area contributed by atoms with Crippen LogP contribution in [-0.4, -0.2) is 24.0 Å². The Morgan fingerprint density at radius 3 is 2.73 bits per heavy atom. The molecule has 0 aliphatic rings. The second kappa shape index (κ2) is 8.56. The van der Waals surface area contributed by atoms with E-state index in [-0.39, 0.29) is 5.91 Å². The molecule has 1 aromatic heterocycles. The second-order valence-electron chi connectivity index (χ2n) is 6.60. The highest BCUT2D eigenvalue weighted by Gasteiger charge is 2.07. The van der Waals surface area contributed by atoms with Crippen LogP contribution in [0.2, 0.25) is 0 Å². The number of amides is 1. The monoisotopic (exact) mass is 349 g/mol. The van der Waals surface area contributed by atoms with Gasteiger partial charge in [-0.1, -0.05) is 43.3 Å². The number of H-pyrrole nitrogens is 1. The molecule has 1 heterocycles. The molecule has 4 nitrogen and oxygen atoms in total. The first kappa shape index (κ1) is 18.1. The molecule has 3 N–H and O–H groups in total. The first-order valence-electron chi connectivity index (χ1n) is 9.33. The van der Waals surface area contributed by atoms with Gasteiger partial charge in [-0.25, -0.2) is 0 Å². The number of para-hydroxylation sites is 2. The summed E-state index contributed by atoms with van der Waals surface area (Å²) < 4.78 is 0. The summed E-state index contributed by atoms with van der Waals surface area (Å²) >= 11 is 0. The highest BCUT2D eigenvalue weighted by molar-refractivity contribution is 5.83. The first-order valence-corrected chi connectivity index (χ1v) is 9.33. The summed E-state index contributed by atoms with van der Waals surface area (Å²) in [5, 5.41) is 7.68. The van der Waals surface area contributed by atoms with Gasteiger partial charge in [-0.2, -0.15) is 0 Å². The van der Waals surface area contributed by atoms with Crippen molar-refractivity contribution >= 4 is 22.5 Å². The number of carbonyl (C=O) groups is 1. The molecule has 1 amide bonds. The van der Waals surface area contributed by atoms with Gasteiger partial charge in [-0.15, -0.1) is 0 Å². The van der Waals surface area contributed by atoms with E-state index in [4.69, 9.17) is 0 Å². The summed E-state index contributed by atoms with van der Waals surface area (Å²) in [4.78, 5) is 15.4. The Morgan fingerprint density at radius 1 is 1.04 bits per heavy atom. The van der Waals surface area contributed by atoms with Crippen molar-refractivity contribution in [3.05, 3.63) is 65.4 Å². The van der Waals surface area contributed by atoms with Crippen LogP contribution in [0.15, 0.2) is 48.7 Å². The van der Waals surface area contributed by atoms with Crippen molar-refractivity contribution in [2.24, 2.45) is 0 Å². The highest BCUT2D eigenvalue weighted by Crippen LogP contribution is 2.21. The van der Waals surface area contributed by atoms with E-state index in [9.17, 15) is 4.79 Å². The number of hydrogen-bond acceptors (Lipinski definition) is 2. The minimum Gasteiger partial charge on any atom is -0.384 e. The topological polar surface area (TPSA) is 56.9 Å². The van der Waals surface area contributed by atoms with Crippen molar-refractivity contribution in [2.45, 2.75) is 33.1 Å². The summed E-state index contributed by atoms with van der Waals surface area (Å²) in [7, 11) is 0. The van der Waals surface area contributed by atoms with Crippen molar-refractivity contribution in [1.29, 1.82) is 0 Å². The zero-order chi connectivity index (χ0) is 18.4. The molecule has 0 radical (unpaired) electrons. The van der Waals surface area contributed by atoms with E-state index < -0.39 is 0 Å². The van der Waals surface area contributed by atoms with Crippen LogP contribution in [0.1, 0.15) is 30.0 Å². The number of nitrogens with one attached hydrogen (secondary N) is 3. The summed E-state index contributed by atoms with van der Waals surface area (Å²) in [6.07, 6.45) is 4.33. The van der Waals surface area contributed by atoms with E-state index in [2.05, 4.69) is 59.8 Å². The van der Waals surface area contributed by atoms with Gasteiger partial charge in [-0.3, -0.25) is 4.79 Å². The molecule has 0 aliphatic heterocycles. The van der Waals surface area contributed by atoms with Gasteiger partial charge in [0, 0.05) is 42.3 Å². The predicted molar refractivity (Wildman–Crippen MR) is 109 cm³/mol. The van der Waals surface area contributed by atoms with Crippen molar-refractivity contribution in [2.75, 3.05) is 18.4 Å². The molecule has 3 aromatic rings. The SMILES string of the molecule is CCc1cccc(C)c1NCCC(=O)NCCc1c[nH]c2ccccc12. The lowest BCUT2D eigenvalue weighted by molar-refractivity contribution is -0.120. The van der Waals surface area contributed by atoms with E-state index in [1.807, 2.05) is 18.3 Å². The Kier molecular flexibility index (Phi) is 5.95. The average Bonchev–Trinajstić information content (AvgIpc) is 3.06. The van der Waals surface area contributed by atoms with Crippen LogP contribution in [0, 0.1) is 6.92 Å². The summed E-state index contributed by atoms with van der Waals surface area (Å²) in [5.41, 5.74) is 6.07. The minimum absolute atomic E-state index is 0.0870. The third-order valence-corrected chi connectivity index (χ3v) is 4.79. The van der Waals surface area contributed by atoms with E-state index in [1.165, 1.54) is 27.8 Å². The van der Waals surface area contributed by atoms with E-state index >= 15 is 0 Å². The second-order valence-corrected chi connectivity index (χ2v) is 6.60. The van der Waals surface area contributed by atoms with Crippen LogP contribution < -0.4 is 10.6 Å². The molecule has 0 fully saturated rings. The Hall–Kier alpha value is -2.75. The van der Waals surface area contributed by atoms with Crippen LogP contribution in [0.3, 0.4) is 0 Å². The fourth-order valence-electron chi connectivity index (χ4n) is 3.34. The Balaban J connectivity index is 1.44. The maximum Gasteiger partial charge on any atom is 0.221 e. The number of rotatable bonds is 8. The number of fused-ring (bicyclic) bond motifs is 1. The van der Waals surface area contributed by atoms with Crippen LogP contribution in [0.5, 0.6) is 0 Å². The van der Waals surface area contributed by atoms with Crippen LogP contribution >= 0.6 is 0 Å². The van der Waals surface area contributed by atoms with E-state index in [0.29, 0.717) is 19.5 Å². The van der Waals surface area contributed by atoms with Gasteiger partial charge in [0.2, 0.25) is 5.91 Å². The molecular weight excluding hydrogens is 322 g/mol. The van der Waals surface area contributed by atoms with Crippen LogP contribution in [-0.2, 0) is 17.6 Å². The van der Waals surface area contributed by atoms with Gasteiger partial charge in [0.1, 0.15) is 0 Å². The van der Waals surface area contributed by atoms with Gasteiger partial charge >= 0.3 is 0 Å². The molecule has 0 unspecified atom stereocenters. The number of aromatic amines is 1. The summed E-state index contributed by atoms with van der Waals surface area (Å²) in [6, 6.07) is 14.6. The Labute approximate surface area is 155 Å². The minimum atomic E-state index is 0.0870. The van der Waals surface area contributed by atoms with Crippen molar-refractivity contribution < 1.29 is 4.79 Å².